The molecule has 0 bridgehead atoms. The van der Waals surface area contributed by atoms with Crippen LogP contribution in [-0.4, -0.2) is 18.1 Å². The van der Waals surface area contributed by atoms with E-state index in [9.17, 15) is 9.59 Å². The second-order valence-electron chi connectivity index (χ2n) is 6.47. The van der Waals surface area contributed by atoms with E-state index < -0.39 is 5.41 Å². The van der Waals surface area contributed by atoms with Crippen LogP contribution in [0, 0.1) is 5.41 Å². The molecule has 2 aromatic carbocycles. The molecule has 0 aliphatic rings. The maximum atomic E-state index is 12.4. The predicted octanol–water partition coefficient (Wildman–Crippen LogP) is 4.65. The van der Waals surface area contributed by atoms with Gasteiger partial charge in [0.1, 0.15) is 0 Å². The summed E-state index contributed by atoms with van der Waals surface area (Å²) < 4.78 is 0. The Kier molecular flexibility index (Phi) is 5.67. The molecule has 0 radical (unpaired) electrons. The highest BCUT2D eigenvalue weighted by Gasteiger charge is 2.21. The molecule has 0 aliphatic carbocycles. The highest BCUT2D eigenvalue weighted by atomic mass is 32.2. The van der Waals surface area contributed by atoms with E-state index in [-0.39, 0.29) is 11.8 Å². The number of nitrogens with one attached hydrogen (secondary N) is 2. The Balaban J connectivity index is 2.09. The van der Waals surface area contributed by atoms with Gasteiger partial charge in [0, 0.05) is 27.2 Å². The summed E-state index contributed by atoms with van der Waals surface area (Å²) >= 11 is 1.65. The molecule has 2 N–H and O–H groups in total. The molecule has 2 aromatic rings. The van der Waals surface area contributed by atoms with E-state index in [2.05, 4.69) is 10.6 Å². The zero-order chi connectivity index (χ0) is 17.7. The molecular weight excluding hydrogens is 320 g/mol. The van der Waals surface area contributed by atoms with Crippen LogP contribution in [0.1, 0.15) is 31.1 Å². The number of hydrogen-bond donors (Lipinski definition) is 2. The maximum absolute atomic E-state index is 12.4. The van der Waals surface area contributed by atoms with Crippen LogP contribution in [0.5, 0.6) is 0 Å². The SMILES string of the molecule is CSc1ccc(NC(=O)c2cccc(NC(=O)C(C)(C)C)c2)cc1. The van der Waals surface area contributed by atoms with Crippen LogP contribution in [0.3, 0.4) is 0 Å². The molecule has 2 rings (SSSR count). The summed E-state index contributed by atoms with van der Waals surface area (Å²) in [6, 6.07) is 14.6. The Labute approximate surface area is 147 Å². The number of thioether (sulfide) groups is 1. The van der Waals surface area contributed by atoms with Crippen molar-refractivity contribution in [2.75, 3.05) is 16.9 Å². The first-order valence-electron chi connectivity index (χ1n) is 7.66. The Morgan fingerprint density at radius 2 is 1.58 bits per heavy atom. The number of carbonyl (C=O) groups is 2. The lowest BCUT2D eigenvalue weighted by molar-refractivity contribution is -0.123. The lowest BCUT2D eigenvalue weighted by Gasteiger charge is -2.18. The zero-order valence-corrected chi connectivity index (χ0v) is 15.2. The van der Waals surface area contributed by atoms with E-state index >= 15 is 0 Å². The third-order valence-corrected chi connectivity index (χ3v) is 4.16. The van der Waals surface area contributed by atoms with Crippen LogP contribution in [0.15, 0.2) is 53.4 Å². The van der Waals surface area contributed by atoms with E-state index in [1.54, 1.807) is 36.0 Å². The largest absolute Gasteiger partial charge is 0.326 e. The van der Waals surface area contributed by atoms with Crippen molar-refractivity contribution in [1.29, 1.82) is 0 Å². The first-order chi connectivity index (χ1) is 11.3. The molecule has 24 heavy (non-hydrogen) atoms. The standard InChI is InChI=1S/C19H22N2O2S/c1-19(2,3)18(23)21-15-7-5-6-13(12-15)17(22)20-14-8-10-16(24-4)11-9-14/h5-12H,1-4H3,(H,20,22)(H,21,23). The quantitative estimate of drug-likeness (QED) is 0.796. The van der Waals surface area contributed by atoms with E-state index in [0.717, 1.165) is 10.6 Å². The number of anilines is 2. The van der Waals surface area contributed by atoms with Gasteiger partial charge >= 0.3 is 0 Å². The number of amides is 2. The van der Waals surface area contributed by atoms with Gasteiger partial charge in [-0.1, -0.05) is 26.8 Å². The van der Waals surface area contributed by atoms with Crippen molar-refractivity contribution in [3.63, 3.8) is 0 Å². The molecule has 0 unspecified atom stereocenters. The summed E-state index contributed by atoms with van der Waals surface area (Å²) in [7, 11) is 0. The van der Waals surface area contributed by atoms with Gasteiger partial charge in [-0.15, -0.1) is 11.8 Å². The summed E-state index contributed by atoms with van der Waals surface area (Å²) in [6.07, 6.45) is 2.00. The molecule has 0 saturated carbocycles. The van der Waals surface area contributed by atoms with Crippen molar-refractivity contribution in [1.82, 2.24) is 0 Å². The summed E-state index contributed by atoms with van der Waals surface area (Å²) in [5.74, 6) is -0.300. The smallest absolute Gasteiger partial charge is 0.255 e. The molecular formula is C19H22N2O2S. The van der Waals surface area contributed by atoms with Crippen LogP contribution in [0.4, 0.5) is 11.4 Å². The van der Waals surface area contributed by atoms with Crippen LogP contribution in [0.25, 0.3) is 0 Å². The van der Waals surface area contributed by atoms with Gasteiger partial charge in [-0.3, -0.25) is 9.59 Å². The second-order valence-corrected chi connectivity index (χ2v) is 7.35. The van der Waals surface area contributed by atoms with E-state index in [0.29, 0.717) is 11.3 Å². The maximum Gasteiger partial charge on any atom is 0.255 e. The van der Waals surface area contributed by atoms with Crippen molar-refractivity contribution in [2.45, 2.75) is 25.7 Å². The van der Waals surface area contributed by atoms with Gasteiger partial charge in [0.15, 0.2) is 0 Å². The highest BCUT2D eigenvalue weighted by Crippen LogP contribution is 2.20. The van der Waals surface area contributed by atoms with Gasteiger partial charge in [-0.05, 0) is 48.7 Å². The molecule has 2 amide bonds. The van der Waals surface area contributed by atoms with Gasteiger partial charge in [0.05, 0.1) is 0 Å². The van der Waals surface area contributed by atoms with Crippen LogP contribution < -0.4 is 10.6 Å². The Bertz CT molecular complexity index is 734. The summed E-state index contributed by atoms with van der Waals surface area (Å²) in [5.41, 5.74) is 1.36. The highest BCUT2D eigenvalue weighted by molar-refractivity contribution is 7.98. The lowest BCUT2D eigenvalue weighted by atomic mass is 9.95. The van der Waals surface area contributed by atoms with Gasteiger partial charge in [-0.25, -0.2) is 0 Å². The van der Waals surface area contributed by atoms with E-state index in [1.165, 1.54) is 0 Å². The number of carbonyl (C=O) groups excluding carboxylic acids is 2. The Morgan fingerprint density at radius 3 is 2.17 bits per heavy atom. The molecule has 4 nitrogen and oxygen atoms in total. The average molecular weight is 342 g/mol. The minimum absolute atomic E-state index is 0.0901. The minimum Gasteiger partial charge on any atom is -0.326 e. The summed E-state index contributed by atoms with van der Waals surface area (Å²) in [5, 5.41) is 5.69. The molecule has 0 saturated heterocycles. The molecule has 0 fully saturated rings. The third-order valence-electron chi connectivity index (χ3n) is 3.41. The fraction of sp³-hybridized carbons (Fsp3) is 0.263. The summed E-state index contributed by atoms with van der Waals surface area (Å²) in [6.45, 7) is 5.53. The van der Waals surface area contributed by atoms with Crippen LogP contribution in [-0.2, 0) is 4.79 Å². The van der Waals surface area contributed by atoms with Crippen LogP contribution in [0.2, 0.25) is 0 Å². The van der Waals surface area contributed by atoms with Crippen molar-refractivity contribution < 1.29 is 9.59 Å². The molecule has 0 atom stereocenters. The van der Waals surface area contributed by atoms with E-state index in [1.807, 2.05) is 51.3 Å². The average Bonchev–Trinajstić information content (AvgIpc) is 2.55. The number of hydrogen-bond acceptors (Lipinski definition) is 3. The lowest BCUT2D eigenvalue weighted by Crippen LogP contribution is -2.27. The number of benzene rings is 2. The van der Waals surface area contributed by atoms with Gasteiger partial charge in [0.2, 0.25) is 5.91 Å². The van der Waals surface area contributed by atoms with Gasteiger partial charge < -0.3 is 10.6 Å². The summed E-state index contributed by atoms with van der Waals surface area (Å²) in [4.78, 5) is 25.6. The van der Waals surface area contributed by atoms with Crippen molar-refractivity contribution >= 4 is 35.0 Å². The molecule has 0 aromatic heterocycles. The Hall–Kier alpha value is -2.27. The first kappa shape index (κ1) is 18.1. The van der Waals surface area contributed by atoms with Crippen molar-refractivity contribution in [2.24, 2.45) is 5.41 Å². The topological polar surface area (TPSA) is 58.2 Å². The van der Waals surface area contributed by atoms with E-state index in [4.69, 9.17) is 0 Å². The van der Waals surface area contributed by atoms with Crippen molar-refractivity contribution in [3.8, 4) is 0 Å². The van der Waals surface area contributed by atoms with Crippen LogP contribution >= 0.6 is 11.8 Å². The monoisotopic (exact) mass is 342 g/mol. The third kappa shape index (κ3) is 4.86. The first-order valence-corrected chi connectivity index (χ1v) is 8.89. The van der Waals surface area contributed by atoms with Gasteiger partial charge in [-0.2, -0.15) is 0 Å². The molecule has 0 heterocycles. The normalized spacial score (nSPS) is 11.0. The molecule has 126 valence electrons. The molecule has 0 aliphatic heterocycles. The fourth-order valence-electron chi connectivity index (χ4n) is 1.93. The number of rotatable bonds is 4. The fourth-order valence-corrected chi connectivity index (χ4v) is 2.34. The molecule has 5 heteroatoms. The van der Waals surface area contributed by atoms with Crippen molar-refractivity contribution in [3.05, 3.63) is 54.1 Å². The second kappa shape index (κ2) is 7.53. The minimum atomic E-state index is -0.489. The molecule has 0 spiro atoms. The predicted molar refractivity (Wildman–Crippen MR) is 101 cm³/mol. The Morgan fingerprint density at radius 1 is 0.917 bits per heavy atom. The zero-order valence-electron chi connectivity index (χ0n) is 14.3. The van der Waals surface area contributed by atoms with Gasteiger partial charge in [0.25, 0.3) is 5.91 Å².